The van der Waals surface area contributed by atoms with Crippen molar-refractivity contribution < 1.29 is 13.2 Å². The van der Waals surface area contributed by atoms with E-state index in [1.807, 2.05) is 32.9 Å². The number of sulfonamides is 1. The second kappa shape index (κ2) is 7.39. The molecule has 0 N–H and O–H groups in total. The first-order valence-corrected chi connectivity index (χ1v) is 10.7. The van der Waals surface area contributed by atoms with Crippen LogP contribution in [-0.2, 0) is 16.4 Å². The fourth-order valence-corrected chi connectivity index (χ4v) is 5.89. The van der Waals surface area contributed by atoms with Gasteiger partial charge >= 0.3 is 6.01 Å². The van der Waals surface area contributed by atoms with E-state index >= 15 is 0 Å². The first kappa shape index (κ1) is 18.3. The number of thiophene rings is 1. The van der Waals surface area contributed by atoms with E-state index < -0.39 is 10.0 Å². The number of ether oxygens (including phenoxy) is 1. The van der Waals surface area contributed by atoms with E-state index in [-0.39, 0.29) is 6.10 Å². The molecule has 136 valence electrons. The van der Waals surface area contributed by atoms with Gasteiger partial charge in [-0.25, -0.2) is 18.4 Å². The largest absolute Gasteiger partial charge is 0.459 e. The van der Waals surface area contributed by atoms with Gasteiger partial charge in [0.25, 0.3) is 10.0 Å². The van der Waals surface area contributed by atoms with E-state index in [1.54, 1.807) is 6.07 Å². The van der Waals surface area contributed by atoms with Gasteiger partial charge in [-0.1, -0.05) is 6.92 Å². The molecule has 0 aromatic carbocycles. The standard InChI is InChI=1S/C17H23N3O3S2/c1-4-15-7-8-16(24-15)25(21,22)20-9-5-6-14(11-20)23-17-18-12(2)10-13(3)19-17/h7-8,10,14H,4-6,9,11H2,1-3H3. The number of aryl methyl sites for hydroxylation is 3. The monoisotopic (exact) mass is 381 g/mol. The lowest BCUT2D eigenvalue weighted by Crippen LogP contribution is -2.44. The van der Waals surface area contributed by atoms with E-state index in [0.717, 1.165) is 35.5 Å². The molecule has 1 fully saturated rings. The molecule has 0 aliphatic carbocycles. The number of hydrogen-bond acceptors (Lipinski definition) is 6. The van der Waals surface area contributed by atoms with Crippen LogP contribution in [0, 0.1) is 13.8 Å². The molecule has 8 heteroatoms. The minimum atomic E-state index is -3.46. The minimum absolute atomic E-state index is 0.227. The van der Waals surface area contributed by atoms with Crippen LogP contribution in [0.5, 0.6) is 6.01 Å². The molecule has 0 spiro atoms. The van der Waals surface area contributed by atoms with Crippen molar-refractivity contribution in [1.82, 2.24) is 14.3 Å². The van der Waals surface area contributed by atoms with Crippen molar-refractivity contribution in [2.45, 2.75) is 50.3 Å². The first-order chi connectivity index (χ1) is 11.9. The van der Waals surface area contributed by atoms with Gasteiger partial charge in [-0.15, -0.1) is 11.3 Å². The van der Waals surface area contributed by atoms with Crippen LogP contribution in [0.25, 0.3) is 0 Å². The highest BCUT2D eigenvalue weighted by Gasteiger charge is 2.32. The third kappa shape index (κ3) is 4.19. The molecule has 1 aliphatic rings. The Morgan fingerprint density at radius 1 is 1.28 bits per heavy atom. The second-order valence-corrected chi connectivity index (χ2v) is 9.59. The van der Waals surface area contributed by atoms with Gasteiger partial charge in [-0.05, 0) is 51.3 Å². The topological polar surface area (TPSA) is 72.4 Å². The Bertz CT molecular complexity index is 828. The maximum atomic E-state index is 12.9. The van der Waals surface area contributed by atoms with Gasteiger partial charge in [-0.2, -0.15) is 4.31 Å². The maximum Gasteiger partial charge on any atom is 0.317 e. The molecule has 1 unspecified atom stereocenters. The van der Waals surface area contributed by atoms with Crippen molar-refractivity contribution >= 4 is 21.4 Å². The van der Waals surface area contributed by atoms with Crippen molar-refractivity contribution in [2.24, 2.45) is 0 Å². The fraction of sp³-hybridized carbons (Fsp3) is 0.529. The molecule has 2 aromatic rings. The predicted molar refractivity (Wildman–Crippen MR) is 97.6 cm³/mol. The van der Waals surface area contributed by atoms with Gasteiger partial charge in [-0.3, -0.25) is 0 Å². The zero-order chi connectivity index (χ0) is 18.0. The summed E-state index contributed by atoms with van der Waals surface area (Å²) in [5.74, 6) is 0. The van der Waals surface area contributed by atoms with E-state index in [1.165, 1.54) is 15.6 Å². The summed E-state index contributed by atoms with van der Waals surface area (Å²) in [6.07, 6.45) is 2.18. The lowest BCUT2D eigenvalue weighted by Gasteiger charge is -2.31. The van der Waals surface area contributed by atoms with E-state index in [2.05, 4.69) is 9.97 Å². The smallest absolute Gasteiger partial charge is 0.317 e. The Kier molecular flexibility index (Phi) is 5.41. The molecule has 0 radical (unpaired) electrons. The number of nitrogens with zero attached hydrogens (tertiary/aromatic N) is 3. The summed E-state index contributed by atoms with van der Waals surface area (Å²) in [5.41, 5.74) is 1.68. The molecular formula is C17H23N3O3S2. The maximum absolute atomic E-state index is 12.9. The number of piperidine rings is 1. The predicted octanol–water partition coefficient (Wildman–Crippen LogP) is 2.95. The molecule has 25 heavy (non-hydrogen) atoms. The van der Waals surface area contributed by atoms with Crippen LogP contribution in [0.1, 0.15) is 36.0 Å². The SMILES string of the molecule is CCc1ccc(S(=O)(=O)N2CCCC(Oc3nc(C)cc(C)n3)C2)s1. The summed E-state index contributed by atoms with van der Waals surface area (Å²) in [6.45, 7) is 6.66. The average molecular weight is 382 g/mol. The van der Waals surface area contributed by atoms with Gasteiger partial charge in [0.2, 0.25) is 0 Å². The molecular weight excluding hydrogens is 358 g/mol. The second-order valence-electron chi connectivity index (χ2n) is 6.25. The Morgan fingerprint density at radius 2 is 2.00 bits per heavy atom. The molecule has 6 nitrogen and oxygen atoms in total. The highest BCUT2D eigenvalue weighted by atomic mass is 32.2. The lowest BCUT2D eigenvalue weighted by molar-refractivity contribution is 0.119. The summed E-state index contributed by atoms with van der Waals surface area (Å²) in [6, 6.07) is 5.80. The lowest BCUT2D eigenvalue weighted by atomic mass is 10.1. The first-order valence-electron chi connectivity index (χ1n) is 8.46. The summed E-state index contributed by atoms with van der Waals surface area (Å²) in [7, 11) is -3.46. The summed E-state index contributed by atoms with van der Waals surface area (Å²) in [5, 5.41) is 0. The molecule has 1 aliphatic heterocycles. The van der Waals surface area contributed by atoms with Gasteiger partial charge in [0.05, 0.1) is 6.54 Å². The quantitative estimate of drug-likeness (QED) is 0.796. The molecule has 1 atom stereocenters. The van der Waals surface area contributed by atoms with Crippen LogP contribution in [0.15, 0.2) is 22.4 Å². The fourth-order valence-electron chi connectivity index (χ4n) is 2.93. The van der Waals surface area contributed by atoms with Crippen molar-refractivity contribution in [2.75, 3.05) is 13.1 Å². The normalized spacial score (nSPS) is 19.1. The Hall–Kier alpha value is -1.51. The van der Waals surface area contributed by atoms with Crippen LogP contribution < -0.4 is 4.74 Å². The Balaban J connectivity index is 1.74. The van der Waals surface area contributed by atoms with Crippen molar-refractivity contribution in [3.05, 3.63) is 34.5 Å². The van der Waals surface area contributed by atoms with Crippen LogP contribution in [0.3, 0.4) is 0 Å². The van der Waals surface area contributed by atoms with Crippen molar-refractivity contribution in [3.63, 3.8) is 0 Å². The zero-order valence-corrected chi connectivity index (χ0v) is 16.4. The molecule has 0 saturated carbocycles. The molecule has 1 saturated heterocycles. The van der Waals surface area contributed by atoms with E-state index in [9.17, 15) is 8.42 Å². The number of aromatic nitrogens is 2. The third-order valence-electron chi connectivity index (χ3n) is 4.15. The molecule has 2 aromatic heterocycles. The zero-order valence-electron chi connectivity index (χ0n) is 14.7. The highest BCUT2D eigenvalue weighted by Crippen LogP contribution is 2.28. The van der Waals surface area contributed by atoms with Crippen molar-refractivity contribution in [3.8, 4) is 6.01 Å². The summed E-state index contributed by atoms with van der Waals surface area (Å²) < 4.78 is 33.6. The van der Waals surface area contributed by atoms with Crippen LogP contribution in [0.4, 0.5) is 0 Å². The van der Waals surface area contributed by atoms with E-state index in [0.29, 0.717) is 23.3 Å². The van der Waals surface area contributed by atoms with Gasteiger partial charge in [0.15, 0.2) is 0 Å². The Labute approximate surface area is 152 Å². The molecule has 0 amide bonds. The summed E-state index contributed by atoms with van der Waals surface area (Å²) in [4.78, 5) is 9.65. The minimum Gasteiger partial charge on any atom is -0.459 e. The van der Waals surface area contributed by atoms with Gasteiger partial charge in [0.1, 0.15) is 10.3 Å². The molecule has 3 heterocycles. The highest BCUT2D eigenvalue weighted by molar-refractivity contribution is 7.91. The van der Waals surface area contributed by atoms with Crippen LogP contribution >= 0.6 is 11.3 Å². The third-order valence-corrected chi connectivity index (χ3v) is 7.72. The van der Waals surface area contributed by atoms with E-state index in [4.69, 9.17) is 4.74 Å². The number of hydrogen-bond donors (Lipinski definition) is 0. The van der Waals surface area contributed by atoms with Gasteiger partial charge < -0.3 is 4.74 Å². The Morgan fingerprint density at radius 3 is 2.64 bits per heavy atom. The van der Waals surface area contributed by atoms with Crippen LogP contribution in [0.2, 0.25) is 0 Å². The van der Waals surface area contributed by atoms with Gasteiger partial charge in [0, 0.05) is 22.8 Å². The number of rotatable bonds is 5. The molecule has 3 rings (SSSR count). The summed E-state index contributed by atoms with van der Waals surface area (Å²) >= 11 is 1.35. The van der Waals surface area contributed by atoms with Crippen molar-refractivity contribution in [1.29, 1.82) is 0 Å². The molecule has 0 bridgehead atoms. The average Bonchev–Trinajstić information content (AvgIpc) is 3.04. The van der Waals surface area contributed by atoms with Crippen LogP contribution in [-0.4, -0.2) is 41.9 Å².